The minimum absolute atomic E-state index is 0. The quantitative estimate of drug-likeness (QED) is 0.762. The molecule has 0 bridgehead atoms. The van der Waals surface area contributed by atoms with Gasteiger partial charge in [-0.1, -0.05) is 6.07 Å². The van der Waals surface area contributed by atoms with E-state index < -0.39 is 0 Å². The monoisotopic (exact) mass is 407 g/mol. The summed E-state index contributed by atoms with van der Waals surface area (Å²) in [6, 6.07) is 11.8. The average molecular weight is 408 g/mol. The fourth-order valence-corrected chi connectivity index (χ4v) is 3.33. The summed E-state index contributed by atoms with van der Waals surface area (Å²) in [5, 5.41) is 3.40. The van der Waals surface area contributed by atoms with Crippen molar-refractivity contribution < 1.29 is 13.9 Å². The molecule has 1 N–H and O–H groups in total. The fourth-order valence-electron chi connectivity index (χ4n) is 3.33. The predicted octanol–water partition coefficient (Wildman–Crippen LogP) is 3.58. The third-order valence-corrected chi connectivity index (χ3v) is 4.76. The molecule has 28 heavy (non-hydrogen) atoms. The molecule has 0 aliphatic carbocycles. The maximum absolute atomic E-state index is 13.0. The van der Waals surface area contributed by atoms with Gasteiger partial charge in [-0.2, -0.15) is 0 Å². The first-order chi connectivity index (χ1) is 13.2. The van der Waals surface area contributed by atoms with Gasteiger partial charge in [0.1, 0.15) is 11.6 Å². The van der Waals surface area contributed by atoms with E-state index in [9.17, 15) is 9.18 Å². The van der Waals surface area contributed by atoms with Crippen LogP contribution in [0, 0.1) is 5.82 Å². The van der Waals surface area contributed by atoms with Crippen LogP contribution in [0.25, 0.3) is 0 Å². The summed E-state index contributed by atoms with van der Waals surface area (Å²) in [6.07, 6.45) is 5.03. The number of carbonyl (C=O) groups excluding carboxylic acids is 1. The Morgan fingerprint density at radius 2 is 2.00 bits per heavy atom. The van der Waals surface area contributed by atoms with E-state index in [0.717, 1.165) is 38.0 Å². The summed E-state index contributed by atoms with van der Waals surface area (Å²) in [4.78, 5) is 19.3. The normalized spacial score (nSPS) is 16.5. The van der Waals surface area contributed by atoms with Gasteiger partial charge < -0.3 is 15.0 Å². The lowest BCUT2D eigenvalue weighted by molar-refractivity contribution is -0.135. The van der Waals surface area contributed by atoms with Crippen molar-refractivity contribution in [2.24, 2.45) is 0 Å². The summed E-state index contributed by atoms with van der Waals surface area (Å²) in [5.41, 5.74) is 0.891. The van der Waals surface area contributed by atoms with Crippen molar-refractivity contribution in [1.82, 2.24) is 15.2 Å². The van der Waals surface area contributed by atoms with Crippen LogP contribution >= 0.6 is 12.4 Å². The van der Waals surface area contributed by atoms with Gasteiger partial charge in [0.05, 0.1) is 25.3 Å². The predicted molar refractivity (Wildman–Crippen MR) is 109 cm³/mol. The highest BCUT2D eigenvalue weighted by Crippen LogP contribution is 2.18. The highest BCUT2D eigenvalue weighted by atomic mass is 35.5. The van der Waals surface area contributed by atoms with Crippen molar-refractivity contribution in [3.8, 4) is 5.75 Å². The van der Waals surface area contributed by atoms with Gasteiger partial charge in [-0.15, -0.1) is 12.4 Å². The number of amides is 1. The molecule has 5 nitrogen and oxygen atoms in total. The van der Waals surface area contributed by atoms with E-state index in [-0.39, 0.29) is 43.2 Å². The van der Waals surface area contributed by atoms with E-state index in [4.69, 9.17) is 4.74 Å². The van der Waals surface area contributed by atoms with Crippen LogP contribution in [0.4, 0.5) is 4.39 Å². The number of pyridine rings is 1. The molecular weight excluding hydrogens is 381 g/mol. The van der Waals surface area contributed by atoms with Crippen molar-refractivity contribution >= 4 is 18.3 Å². The Morgan fingerprint density at radius 1 is 1.18 bits per heavy atom. The Labute approximate surface area is 171 Å². The van der Waals surface area contributed by atoms with E-state index in [1.165, 1.54) is 12.1 Å². The molecule has 1 aliphatic rings. The van der Waals surface area contributed by atoms with Gasteiger partial charge in [0, 0.05) is 12.2 Å². The first-order valence-electron chi connectivity index (χ1n) is 9.51. The van der Waals surface area contributed by atoms with E-state index in [1.807, 2.05) is 23.1 Å². The second-order valence-electron chi connectivity index (χ2n) is 6.73. The molecule has 1 aromatic heterocycles. The maximum atomic E-state index is 13.0. The van der Waals surface area contributed by atoms with Gasteiger partial charge >= 0.3 is 0 Å². The van der Waals surface area contributed by atoms with Crippen LogP contribution in [0.5, 0.6) is 5.75 Å². The zero-order chi connectivity index (χ0) is 18.9. The van der Waals surface area contributed by atoms with Crippen LogP contribution in [0.1, 0.15) is 31.4 Å². The van der Waals surface area contributed by atoms with E-state index in [1.54, 1.807) is 18.3 Å². The van der Waals surface area contributed by atoms with E-state index >= 15 is 0 Å². The minimum atomic E-state index is -0.304. The summed E-state index contributed by atoms with van der Waals surface area (Å²) in [6.45, 7) is 2.70. The summed E-state index contributed by atoms with van der Waals surface area (Å²) in [7, 11) is 0. The molecule has 1 aliphatic heterocycles. The van der Waals surface area contributed by atoms with Crippen LogP contribution in [0.3, 0.4) is 0 Å². The molecule has 152 valence electrons. The molecule has 1 amide bonds. The highest BCUT2D eigenvalue weighted by molar-refractivity contribution is 5.85. The molecule has 7 heteroatoms. The zero-order valence-corrected chi connectivity index (χ0v) is 16.7. The van der Waals surface area contributed by atoms with Crippen molar-refractivity contribution in [2.75, 3.05) is 19.7 Å². The lowest BCUT2D eigenvalue weighted by Gasteiger charge is -2.31. The average Bonchev–Trinajstić information content (AvgIpc) is 2.98. The largest absolute Gasteiger partial charge is 0.493 e. The topological polar surface area (TPSA) is 54.5 Å². The van der Waals surface area contributed by atoms with Gasteiger partial charge in [-0.25, -0.2) is 4.39 Å². The Hall–Kier alpha value is -2.18. The Kier molecular flexibility index (Phi) is 9.17. The van der Waals surface area contributed by atoms with Gasteiger partial charge in [0.25, 0.3) is 0 Å². The van der Waals surface area contributed by atoms with Crippen molar-refractivity contribution in [1.29, 1.82) is 0 Å². The number of nitrogens with zero attached hydrogens (tertiary/aromatic N) is 2. The summed E-state index contributed by atoms with van der Waals surface area (Å²) < 4.78 is 18.6. The molecule has 1 unspecified atom stereocenters. The number of hydrogen-bond acceptors (Lipinski definition) is 4. The standard InChI is InChI=1S/C21H26FN3O2.ClH/c22-17-6-8-20(9-7-17)27-15-11-21(26)25(16-18-4-1-2-13-24-18)19-5-3-12-23-14-10-19;/h1-2,4,6-9,13,19,23H,3,5,10-12,14-16H2;1H. The first kappa shape index (κ1) is 22.1. The van der Waals surface area contributed by atoms with Crippen LogP contribution in [-0.4, -0.2) is 41.5 Å². The Balaban J connectivity index is 0.00000280. The molecule has 0 radical (unpaired) electrons. The maximum Gasteiger partial charge on any atom is 0.226 e. The molecule has 0 spiro atoms. The molecule has 2 heterocycles. The van der Waals surface area contributed by atoms with E-state index in [0.29, 0.717) is 12.3 Å². The number of halogens is 2. The third-order valence-electron chi connectivity index (χ3n) is 4.76. The lowest BCUT2D eigenvalue weighted by Crippen LogP contribution is -2.41. The molecule has 3 rings (SSSR count). The summed E-state index contributed by atoms with van der Waals surface area (Å²) >= 11 is 0. The molecule has 1 saturated heterocycles. The second-order valence-corrected chi connectivity index (χ2v) is 6.73. The SMILES string of the molecule is Cl.O=C(CCOc1ccc(F)cc1)N(Cc1ccccn1)C1CCCNCC1. The first-order valence-corrected chi connectivity index (χ1v) is 9.51. The Morgan fingerprint density at radius 3 is 2.75 bits per heavy atom. The van der Waals surface area contributed by atoms with Crippen LogP contribution < -0.4 is 10.1 Å². The molecule has 1 fully saturated rings. The van der Waals surface area contributed by atoms with Crippen LogP contribution in [0.15, 0.2) is 48.7 Å². The molecular formula is C21H27ClFN3O2. The third kappa shape index (κ3) is 6.77. The number of hydrogen-bond donors (Lipinski definition) is 1. The van der Waals surface area contributed by atoms with Gasteiger partial charge in [-0.05, 0) is 68.8 Å². The molecule has 1 atom stereocenters. The number of aromatic nitrogens is 1. The zero-order valence-electron chi connectivity index (χ0n) is 15.9. The number of nitrogens with one attached hydrogen (secondary N) is 1. The lowest BCUT2D eigenvalue weighted by atomic mass is 10.1. The Bertz CT molecular complexity index is 707. The summed E-state index contributed by atoms with van der Waals surface area (Å²) in [5.74, 6) is 0.329. The highest BCUT2D eigenvalue weighted by Gasteiger charge is 2.25. The molecule has 2 aromatic rings. The second kappa shape index (κ2) is 11.6. The van der Waals surface area contributed by atoms with Gasteiger partial charge in [0.15, 0.2) is 0 Å². The van der Waals surface area contributed by atoms with E-state index in [2.05, 4.69) is 10.3 Å². The van der Waals surface area contributed by atoms with Gasteiger partial charge in [0.2, 0.25) is 5.91 Å². The van der Waals surface area contributed by atoms with Gasteiger partial charge in [-0.3, -0.25) is 9.78 Å². The van der Waals surface area contributed by atoms with Crippen molar-refractivity contribution in [2.45, 2.75) is 38.3 Å². The number of benzene rings is 1. The fraction of sp³-hybridized carbons (Fsp3) is 0.429. The number of carbonyl (C=O) groups is 1. The van der Waals surface area contributed by atoms with Crippen molar-refractivity contribution in [3.05, 3.63) is 60.2 Å². The van der Waals surface area contributed by atoms with Crippen molar-refractivity contribution in [3.63, 3.8) is 0 Å². The van der Waals surface area contributed by atoms with Crippen LogP contribution in [0.2, 0.25) is 0 Å². The smallest absolute Gasteiger partial charge is 0.226 e. The number of ether oxygens (including phenoxy) is 1. The minimum Gasteiger partial charge on any atom is -0.493 e. The number of rotatable bonds is 7. The molecule has 0 saturated carbocycles. The van der Waals surface area contributed by atoms with Crippen LogP contribution in [-0.2, 0) is 11.3 Å². The molecule has 1 aromatic carbocycles.